The van der Waals surface area contributed by atoms with E-state index in [1.54, 1.807) is 75.5 Å². The minimum atomic E-state index is -0.256. The highest BCUT2D eigenvalue weighted by atomic mass is 16.5. The molecule has 0 radical (unpaired) electrons. The van der Waals surface area contributed by atoms with Crippen molar-refractivity contribution < 1.29 is 52.2 Å². The molecule has 1 amide bonds. The van der Waals surface area contributed by atoms with Crippen LogP contribution in [0.15, 0.2) is 90.2 Å². The molecule has 6 aromatic rings. The van der Waals surface area contributed by atoms with Gasteiger partial charge in [-0.2, -0.15) is 0 Å². The number of carbonyl (C=O) groups is 1. The zero-order valence-electron chi connectivity index (χ0n) is 43.0. The second-order valence-electron chi connectivity index (χ2n) is 17.4. The van der Waals surface area contributed by atoms with E-state index >= 15 is 0 Å². The lowest BCUT2D eigenvalue weighted by Gasteiger charge is -2.21. The average molecular weight is 982 g/mol. The molecular formula is C58H67N3O11. The highest BCUT2D eigenvalue weighted by molar-refractivity contribution is 5.79. The summed E-state index contributed by atoms with van der Waals surface area (Å²) in [6.07, 6.45) is 9.86. The summed E-state index contributed by atoms with van der Waals surface area (Å²) < 4.78 is 61.8. The normalized spacial score (nSPS) is 12.1. The molecule has 0 fully saturated rings. The van der Waals surface area contributed by atoms with Crippen LogP contribution in [0.3, 0.4) is 0 Å². The predicted octanol–water partition coefficient (Wildman–Crippen LogP) is 9.60. The Hall–Kier alpha value is -7.61. The number of nitrogens with one attached hydrogen (secondary N) is 1. The summed E-state index contributed by atoms with van der Waals surface area (Å²) in [6, 6.07) is 23.8. The maximum Gasteiger partial charge on any atom is 0.257 e. The summed E-state index contributed by atoms with van der Waals surface area (Å²) in [7, 11) is 13.3. The smallest absolute Gasteiger partial charge is 0.257 e. The maximum absolute atomic E-state index is 13.4. The molecule has 0 unspecified atom stereocenters. The van der Waals surface area contributed by atoms with E-state index in [9.17, 15) is 4.79 Å². The number of aromatic nitrogens is 1. The third-order valence-corrected chi connectivity index (χ3v) is 12.7. The van der Waals surface area contributed by atoms with Crippen LogP contribution in [0, 0.1) is 0 Å². The van der Waals surface area contributed by atoms with Gasteiger partial charge in [0.15, 0.2) is 6.61 Å². The monoisotopic (exact) mass is 981 g/mol. The third kappa shape index (κ3) is 12.8. The second-order valence-corrected chi connectivity index (χ2v) is 17.4. The van der Waals surface area contributed by atoms with Crippen molar-refractivity contribution in [2.45, 2.75) is 58.3 Å². The number of hydrogen-bond acceptors (Lipinski definition) is 13. The van der Waals surface area contributed by atoms with Crippen LogP contribution in [-0.4, -0.2) is 100 Å². The minimum absolute atomic E-state index is 0.215. The van der Waals surface area contributed by atoms with Crippen LogP contribution >= 0.6 is 0 Å². The fourth-order valence-corrected chi connectivity index (χ4v) is 8.96. The van der Waals surface area contributed by atoms with E-state index < -0.39 is 0 Å². The molecule has 16 rings (SSSR count). The van der Waals surface area contributed by atoms with Gasteiger partial charge in [-0.15, -0.1) is 0 Å². The van der Waals surface area contributed by atoms with Gasteiger partial charge < -0.3 is 52.7 Å². The van der Waals surface area contributed by atoms with Crippen molar-refractivity contribution in [3.63, 3.8) is 0 Å². The average Bonchev–Trinajstić information content (AvgIpc) is 3.40. The van der Waals surface area contributed by atoms with E-state index in [-0.39, 0.29) is 12.5 Å². The van der Waals surface area contributed by atoms with E-state index in [0.717, 1.165) is 74.0 Å². The van der Waals surface area contributed by atoms with Crippen LogP contribution in [0.5, 0.6) is 57.5 Å². The Kier molecular flexibility index (Phi) is 18.5. The molecule has 1 N–H and O–H groups in total. The molecule has 5 aromatic carbocycles. The quantitative estimate of drug-likeness (QED) is 0.0573. The lowest BCUT2D eigenvalue weighted by Crippen LogP contribution is -2.30. The molecule has 10 aliphatic carbocycles. The van der Waals surface area contributed by atoms with Crippen molar-refractivity contribution in [2.75, 3.05) is 83.2 Å². The number of unbranched alkanes of at least 4 members (excludes halogenated alkanes) is 1. The lowest BCUT2D eigenvalue weighted by molar-refractivity contribution is -0.123. The molecule has 0 atom stereocenters. The molecule has 14 nitrogen and oxygen atoms in total. The van der Waals surface area contributed by atoms with Crippen molar-refractivity contribution >= 4 is 12.1 Å². The van der Waals surface area contributed by atoms with Crippen LogP contribution in [-0.2, 0) is 36.9 Å². The zero-order valence-corrected chi connectivity index (χ0v) is 43.0. The molecular weight excluding hydrogens is 915 g/mol. The fourth-order valence-electron chi connectivity index (χ4n) is 8.96. The van der Waals surface area contributed by atoms with Crippen molar-refractivity contribution in [3.05, 3.63) is 146 Å². The molecule has 14 heteroatoms. The summed E-state index contributed by atoms with van der Waals surface area (Å²) in [5, 5.41) is 2.99. The molecule has 72 heavy (non-hydrogen) atoms. The van der Waals surface area contributed by atoms with Gasteiger partial charge in [-0.1, -0.05) is 13.3 Å². The highest BCUT2D eigenvalue weighted by Gasteiger charge is 2.24. The molecule has 10 aliphatic rings. The second kappa shape index (κ2) is 25.5. The zero-order chi connectivity index (χ0) is 51.0. The van der Waals surface area contributed by atoms with Crippen LogP contribution in [0.4, 0.5) is 0 Å². The summed E-state index contributed by atoms with van der Waals surface area (Å²) in [5.74, 6) is 6.34. The lowest BCUT2D eigenvalue weighted by atomic mass is 9.94. The Morgan fingerprint density at radius 1 is 0.486 bits per heavy atom. The van der Waals surface area contributed by atoms with Crippen LogP contribution in [0.1, 0.15) is 87.4 Å². The number of pyridine rings is 1. The van der Waals surface area contributed by atoms with Crippen LogP contribution in [0.2, 0.25) is 0 Å². The summed E-state index contributed by atoms with van der Waals surface area (Å²) in [5.41, 5.74) is 9.67. The number of nitrogens with zero attached hydrogens (tertiary/aromatic N) is 2. The molecule has 0 saturated heterocycles. The number of amides is 1. The van der Waals surface area contributed by atoms with Crippen molar-refractivity contribution in [1.29, 1.82) is 0 Å². The molecule has 10 bridgehead atoms. The predicted molar refractivity (Wildman–Crippen MR) is 279 cm³/mol. The summed E-state index contributed by atoms with van der Waals surface area (Å²) >= 11 is 0. The van der Waals surface area contributed by atoms with Gasteiger partial charge in [-0.25, -0.2) is 0 Å². The first-order valence-electron chi connectivity index (χ1n) is 24.2. The van der Waals surface area contributed by atoms with Crippen molar-refractivity contribution in [1.82, 2.24) is 10.3 Å². The highest BCUT2D eigenvalue weighted by Crippen LogP contribution is 2.42. The molecule has 380 valence electrons. The fraction of sp³-hybridized carbons (Fsp3) is 0.362. The van der Waals surface area contributed by atoms with E-state index in [1.165, 1.54) is 0 Å². The van der Waals surface area contributed by atoms with Gasteiger partial charge >= 0.3 is 0 Å². The largest absolute Gasteiger partial charge is 0.496 e. The Morgan fingerprint density at radius 3 is 1.14 bits per heavy atom. The minimum Gasteiger partial charge on any atom is -0.496 e. The number of hydrogen-bond donors (Lipinski definition) is 1. The number of carbonyl (C=O) groups excluding carboxylic acids is 1. The van der Waals surface area contributed by atoms with Gasteiger partial charge in [0.05, 0.1) is 63.5 Å². The van der Waals surface area contributed by atoms with E-state index in [4.69, 9.17) is 47.4 Å². The Bertz CT molecular complexity index is 2830. The van der Waals surface area contributed by atoms with Crippen molar-refractivity contribution in [2.24, 2.45) is 4.99 Å². The topological polar surface area (TPSA) is 147 Å². The Balaban J connectivity index is 1.35. The molecule has 0 saturated carbocycles. The third-order valence-electron chi connectivity index (χ3n) is 12.7. The first-order valence-corrected chi connectivity index (χ1v) is 24.2. The van der Waals surface area contributed by atoms with Gasteiger partial charge in [0.1, 0.15) is 57.5 Å². The van der Waals surface area contributed by atoms with Gasteiger partial charge in [-0.05, 0) is 91.2 Å². The standard InChI is InChI=1S/C58H67N3O11/c1-10-11-19-71-56-33-47-24-45-32-53(68-7)43(30-55(45)70-9)22-41-28-49(64-3)39(26-51(41)66-5)20-38-25-50(65-4)40(27-48(38)63-2)21-42-29-54(69-8)44(31-52(42)67-6)23-46(56)34-57(47)72-36-58(62)61-16-12-15-60-35-37-13-17-59-18-14-37/h13-14,17-18,25-35H,10-12,15-16,19-24,36H2,1-9H3,(H,61,62). The number of benzene rings is 5. The summed E-state index contributed by atoms with van der Waals surface area (Å²) in [6.45, 7) is 3.41. The number of rotatable bonds is 20. The molecule has 0 spiro atoms. The van der Waals surface area contributed by atoms with Gasteiger partial charge in [-0.3, -0.25) is 14.8 Å². The van der Waals surface area contributed by atoms with Crippen molar-refractivity contribution in [3.8, 4) is 57.5 Å². The van der Waals surface area contributed by atoms with E-state index in [2.05, 4.69) is 22.2 Å². The number of aliphatic imine (C=N–C) groups is 1. The van der Waals surface area contributed by atoms with Gasteiger partial charge in [0, 0.05) is 119 Å². The SMILES string of the molecule is CCCCOc1cc2c(OCC(=O)NCCCN=Cc3ccncc3)cc1Cc1cc(OC)c(cc1OC)Cc1cc(OC)c(cc1OC)Cc1cc(OC)c(cc1OC)Cc1cc(OC)c(cc1OC)C2. The van der Waals surface area contributed by atoms with E-state index in [1.807, 2.05) is 72.8 Å². The molecule has 0 aliphatic heterocycles. The first-order chi connectivity index (χ1) is 35.1. The van der Waals surface area contributed by atoms with Gasteiger partial charge in [0.25, 0.3) is 5.91 Å². The van der Waals surface area contributed by atoms with Crippen LogP contribution in [0.25, 0.3) is 0 Å². The summed E-state index contributed by atoms with van der Waals surface area (Å²) in [4.78, 5) is 22.0. The van der Waals surface area contributed by atoms with Crippen LogP contribution < -0.4 is 52.7 Å². The first kappa shape index (κ1) is 52.2. The van der Waals surface area contributed by atoms with Gasteiger partial charge in [0.2, 0.25) is 0 Å². The number of methoxy groups -OCH3 is 8. The number of ether oxygens (including phenoxy) is 10. The Labute approximate surface area is 423 Å². The van der Waals surface area contributed by atoms with E-state index in [0.29, 0.717) is 116 Å². The maximum atomic E-state index is 13.4. The molecule has 1 aromatic heterocycles. The molecule has 1 heterocycles. The Morgan fingerprint density at radius 2 is 0.806 bits per heavy atom.